The summed E-state index contributed by atoms with van der Waals surface area (Å²) in [6.07, 6.45) is 1.38. The van der Waals surface area contributed by atoms with E-state index in [1.807, 2.05) is 18.2 Å². The van der Waals surface area contributed by atoms with Crippen molar-refractivity contribution in [2.75, 3.05) is 12.4 Å². The third-order valence-corrected chi connectivity index (χ3v) is 6.28. The minimum absolute atomic E-state index is 0.0847. The summed E-state index contributed by atoms with van der Waals surface area (Å²) in [6.45, 7) is 4.33. The van der Waals surface area contributed by atoms with Crippen molar-refractivity contribution in [3.05, 3.63) is 71.3 Å². The summed E-state index contributed by atoms with van der Waals surface area (Å²) in [4.78, 5) is 13.4. The lowest BCUT2D eigenvalue weighted by Crippen LogP contribution is -2.33. The SMILES string of the molecule is COc1cc([C@H]2Nc3ccc4ccccc4c3C3=C2C(=O)CC(C)(C)C3)ccc1O. The lowest BCUT2D eigenvalue weighted by molar-refractivity contribution is -0.118. The van der Waals surface area contributed by atoms with E-state index in [1.54, 1.807) is 6.07 Å². The number of rotatable bonds is 2. The van der Waals surface area contributed by atoms with Crippen molar-refractivity contribution >= 4 is 27.8 Å². The van der Waals surface area contributed by atoms with Crippen LogP contribution in [0.4, 0.5) is 5.69 Å². The van der Waals surface area contributed by atoms with Gasteiger partial charge in [-0.2, -0.15) is 0 Å². The predicted molar refractivity (Wildman–Crippen MR) is 120 cm³/mol. The number of benzene rings is 3. The van der Waals surface area contributed by atoms with Gasteiger partial charge in [-0.15, -0.1) is 0 Å². The lowest BCUT2D eigenvalue weighted by atomic mass is 9.68. The van der Waals surface area contributed by atoms with Gasteiger partial charge < -0.3 is 15.2 Å². The fourth-order valence-electron chi connectivity index (χ4n) is 4.96. The molecule has 4 heteroatoms. The maximum absolute atomic E-state index is 13.4. The molecule has 0 radical (unpaired) electrons. The van der Waals surface area contributed by atoms with Crippen LogP contribution in [0.2, 0.25) is 0 Å². The number of hydrogen-bond acceptors (Lipinski definition) is 4. The number of methoxy groups -OCH3 is 1. The number of phenolic OH excluding ortho intramolecular Hbond substituents is 1. The van der Waals surface area contributed by atoms with Crippen LogP contribution in [0.25, 0.3) is 16.3 Å². The molecule has 4 nitrogen and oxygen atoms in total. The van der Waals surface area contributed by atoms with Crippen LogP contribution in [-0.2, 0) is 4.79 Å². The number of allylic oxidation sites excluding steroid dienone is 1. The maximum atomic E-state index is 13.4. The van der Waals surface area contributed by atoms with E-state index in [-0.39, 0.29) is 23.0 Å². The van der Waals surface area contributed by atoms with E-state index in [1.165, 1.54) is 17.9 Å². The Hall–Kier alpha value is -3.27. The van der Waals surface area contributed by atoms with Crippen LogP contribution in [0.5, 0.6) is 11.5 Å². The third kappa shape index (κ3) is 2.86. The Morgan fingerprint density at radius 1 is 1.07 bits per heavy atom. The van der Waals surface area contributed by atoms with Gasteiger partial charge in [-0.05, 0) is 51.9 Å². The van der Waals surface area contributed by atoms with Crippen LogP contribution < -0.4 is 10.1 Å². The molecule has 30 heavy (non-hydrogen) atoms. The largest absolute Gasteiger partial charge is 0.504 e. The van der Waals surface area contributed by atoms with Crippen molar-refractivity contribution in [3.63, 3.8) is 0 Å². The van der Waals surface area contributed by atoms with E-state index in [4.69, 9.17) is 4.74 Å². The molecule has 0 aromatic heterocycles. The van der Waals surface area contributed by atoms with Gasteiger partial charge in [0.05, 0.1) is 13.2 Å². The number of carbonyl (C=O) groups is 1. The summed E-state index contributed by atoms with van der Waals surface area (Å²) >= 11 is 0. The normalized spacial score (nSPS) is 19.8. The molecule has 1 aliphatic heterocycles. The minimum Gasteiger partial charge on any atom is -0.504 e. The van der Waals surface area contributed by atoms with Crippen molar-refractivity contribution in [2.45, 2.75) is 32.7 Å². The van der Waals surface area contributed by atoms with Crippen LogP contribution in [0.1, 0.15) is 43.9 Å². The highest BCUT2D eigenvalue weighted by Crippen LogP contribution is 2.52. The van der Waals surface area contributed by atoms with Crippen molar-refractivity contribution < 1.29 is 14.6 Å². The Balaban J connectivity index is 1.78. The predicted octanol–water partition coefficient (Wildman–Crippen LogP) is 5.86. The highest BCUT2D eigenvalue weighted by atomic mass is 16.5. The van der Waals surface area contributed by atoms with Gasteiger partial charge in [0.15, 0.2) is 17.3 Å². The Morgan fingerprint density at radius 2 is 1.87 bits per heavy atom. The zero-order valence-electron chi connectivity index (χ0n) is 17.5. The molecule has 1 heterocycles. The molecule has 5 rings (SSSR count). The molecule has 0 bridgehead atoms. The van der Waals surface area contributed by atoms with Gasteiger partial charge in [-0.1, -0.05) is 50.2 Å². The Bertz CT molecular complexity index is 1220. The number of nitrogens with one attached hydrogen (secondary N) is 1. The summed E-state index contributed by atoms with van der Waals surface area (Å²) in [7, 11) is 1.54. The van der Waals surface area contributed by atoms with Gasteiger partial charge >= 0.3 is 0 Å². The van der Waals surface area contributed by atoms with Crippen LogP contribution in [0.15, 0.2) is 60.2 Å². The van der Waals surface area contributed by atoms with E-state index in [2.05, 4.69) is 49.5 Å². The van der Waals surface area contributed by atoms with E-state index in [0.29, 0.717) is 12.2 Å². The van der Waals surface area contributed by atoms with Gasteiger partial charge in [-0.3, -0.25) is 4.79 Å². The third-order valence-electron chi connectivity index (χ3n) is 6.28. The van der Waals surface area contributed by atoms with Gasteiger partial charge in [0, 0.05) is 23.2 Å². The molecule has 0 spiro atoms. The second-order valence-corrected chi connectivity index (χ2v) is 9.05. The highest BCUT2D eigenvalue weighted by molar-refractivity contribution is 6.12. The number of aromatic hydroxyl groups is 1. The molecule has 3 aromatic rings. The van der Waals surface area contributed by atoms with E-state index in [9.17, 15) is 9.90 Å². The van der Waals surface area contributed by atoms with Crippen molar-refractivity contribution in [2.24, 2.45) is 5.41 Å². The Kier molecular flexibility index (Phi) is 4.14. The molecule has 0 unspecified atom stereocenters. The number of Topliss-reactive ketones (excluding diaryl/α,β-unsaturated/α-hetero) is 1. The highest BCUT2D eigenvalue weighted by Gasteiger charge is 2.40. The second-order valence-electron chi connectivity index (χ2n) is 9.05. The number of phenols is 1. The van der Waals surface area contributed by atoms with E-state index < -0.39 is 0 Å². The molecule has 3 aromatic carbocycles. The van der Waals surface area contributed by atoms with E-state index in [0.717, 1.165) is 34.4 Å². The number of carbonyl (C=O) groups excluding carboxylic acids is 1. The number of ketones is 1. The van der Waals surface area contributed by atoms with E-state index >= 15 is 0 Å². The average Bonchev–Trinajstić information content (AvgIpc) is 2.72. The molecule has 0 amide bonds. The lowest BCUT2D eigenvalue weighted by Gasteiger charge is -2.40. The van der Waals surface area contributed by atoms with Gasteiger partial charge in [0.25, 0.3) is 0 Å². The second kappa shape index (κ2) is 6.63. The fraction of sp³-hybridized carbons (Fsp3) is 0.269. The quantitative estimate of drug-likeness (QED) is 0.566. The zero-order chi connectivity index (χ0) is 21.0. The molecule has 2 aliphatic rings. The number of ether oxygens (including phenoxy) is 1. The number of hydrogen-bond donors (Lipinski definition) is 2. The monoisotopic (exact) mass is 399 g/mol. The molecular weight excluding hydrogens is 374 g/mol. The standard InChI is InChI=1S/C26H25NO3/c1-26(2)13-18-23-17-7-5-4-6-15(17)8-10-19(23)27-25(24(18)21(29)14-26)16-9-11-20(28)22(12-16)30-3/h4-12,25,27-28H,13-14H2,1-3H3/t25-/m1/s1. The Morgan fingerprint density at radius 3 is 2.67 bits per heavy atom. The average molecular weight is 399 g/mol. The summed E-state index contributed by atoms with van der Waals surface area (Å²) in [5, 5.41) is 16.0. The van der Waals surface area contributed by atoms with Crippen LogP contribution >= 0.6 is 0 Å². The first-order valence-corrected chi connectivity index (χ1v) is 10.3. The zero-order valence-corrected chi connectivity index (χ0v) is 17.5. The molecule has 1 atom stereocenters. The minimum atomic E-state index is -0.272. The fourth-order valence-corrected chi connectivity index (χ4v) is 4.96. The first kappa shape index (κ1) is 18.7. The molecule has 0 saturated carbocycles. The Labute approximate surface area is 176 Å². The first-order chi connectivity index (χ1) is 14.4. The van der Waals surface area contributed by atoms with Gasteiger partial charge in [0.1, 0.15) is 0 Å². The number of anilines is 1. The summed E-state index contributed by atoms with van der Waals surface area (Å²) in [6, 6.07) is 17.6. The molecule has 0 fully saturated rings. The molecule has 0 saturated heterocycles. The molecular formula is C26H25NO3. The van der Waals surface area contributed by atoms with Crippen molar-refractivity contribution in [1.29, 1.82) is 0 Å². The van der Waals surface area contributed by atoms with Gasteiger partial charge in [-0.25, -0.2) is 0 Å². The topological polar surface area (TPSA) is 58.6 Å². The van der Waals surface area contributed by atoms with Crippen LogP contribution in [0.3, 0.4) is 0 Å². The van der Waals surface area contributed by atoms with Crippen molar-refractivity contribution in [3.8, 4) is 11.5 Å². The van der Waals surface area contributed by atoms with Crippen molar-refractivity contribution in [1.82, 2.24) is 0 Å². The maximum Gasteiger partial charge on any atom is 0.162 e. The summed E-state index contributed by atoms with van der Waals surface area (Å²) in [5.41, 5.74) is 4.98. The van der Waals surface area contributed by atoms with Crippen LogP contribution in [0, 0.1) is 5.41 Å². The first-order valence-electron chi connectivity index (χ1n) is 10.3. The summed E-state index contributed by atoms with van der Waals surface area (Å²) in [5.74, 6) is 0.683. The molecule has 152 valence electrons. The van der Waals surface area contributed by atoms with Gasteiger partial charge in [0.2, 0.25) is 0 Å². The van der Waals surface area contributed by atoms with Crippen LogP contribution in [-0.4, -0.2) is 18.0 Å². The summed E-state index contributed by atoms with van der Waals surface area (Å²) < 4.78 is 5.32. The number of fused-ring (bicyclic) bond motifs is 4. The smallest absolute Gasteiger partial charge is 0.162 e. The molecule has 1 aliphatic carbocycles. The molecule has 2 N–H and O–H groups in total.